The lowest BCUT2D eigenvalue weighted by atomic mass is 9.85. The highest BCUT2D eigenvalue weighted by Gasteiger charge is 2.34. The number of nitrogens with one attached hydrogen (secondary N) is 1. The quantitative estimate of drug-likeness (QED) is 0.903. The fourth-order valence-electron chi connectivity index (χ4n) is 2.17. The van der Waals surface area contributed by atoms with Gasteiger partial charge in [-0.3, -0.25) is 0 Å². The first-order valence-corrected chi connectivity index (χ1v) is 6.81. The second-order valence-electron chi connectivity index (χ2n) is 5.14. The van der Waals surface area contributed by atoms with Crippen molar-refractivity contribution in [2.45, 2.75) is 32.4 Å². The van der Waals surface area contributed by atoms with Crippen molar-refractivity contribution in [3.63, 3.8) is 0 Å². The highest BCUT2D eigenvalue weighted by Crippen LogP contribution is 2.32. The Bertz CT molecular complexity index is 457. The molecule has 0 spiro atoms. The average molecular weight is 288 g/mol. The number of nitrogens with zero attached hydrogens (tertiary/aromatic N) is 3. The van der Waals surface area contributed by atoms with E-state index in [-0.39, 0.29) is 5.95 Å². The molecule has 20 heavy (non-hydrogen) atoms. The molecule has 0 aliphatic heterocycles. The van der Waals surface area contributed by atoms with Crippen molar-refractivity contribution in [3.8, 4) is 0 Å². The Morgan fingerprint density at radius 2 is 2.05 bits per heavy atom. The van der Waals surface area contributed by atoms with Gasteiger partial charge >= 0.3 is 6.18 Å². The van der Waals surface area contributed by atoms with Crippen LogP contribution in [-0.4, -0.2) is 30.1 Å². The van der Waals surface area contributed by atoms with Gasteiger partial charge in [-0.05, 0) is 25.7 Å². The molecule has 0 atom stereocenters. The van der Waals surface area contributed by atoms with E-state index in [0.29, 0.717) is 18.3 Å². The Hall–Kier alpha value is -1.53. The topological polar surface area (TPSA) is 41.1 Å². The molecule has 0 unspecified atom stereocenters. The summed E-state index contributed by atoms with van der Waals surface area (Å²) in [4.78, 5) is 9.45. The normalized spacial score (nSPS) is 15.8. The Kier molecular flexibility index (Phi) is 4.35. The lowest BCUT2D eigenvalue weighted by Gasteiger charge is -2.31. The highest BCUT2D eigenvalue weighted by molar-refractivity contribution is 5.45. The largest absolute Gasteiger partial charge is 0.433 e. The Morgan fingerprint density at radius 3 is 2.55 bits per heavy atom. The number of hydrogen-bond acceptors (Lipinski definition) is 4. The number of hydrogen-bond donors (Lipinski definition) is 1. The van der Waals surface area contributed by atoms with Crippen LogP contribution in [0.5, 0.6) is 0 Å². The molecule has 2 rings (SSSR count). The zero-order valence-corrected chi connectivity index (χ0v) is 11.7. The van der Waals surface area contributed by atoms with Gasteiger partial charge in [0.2, 0.25) is 5.95 Å². The molecular formula is C13H19F3N4. The van der Waals surface area contributed by atoms with Gasteiger partial charge in [0.25, 0.3) is 0 Å². The van der Waals surface area contributed by atoms with E-state index >= 15 is 0 Å². The van der Waals surface area contributed by atoms with Crippen molar-refractivity contribution in [2.75, 3.05) is 30.4 Å². The molecular weight excluding hydrogens is 269 g/mol. The molecule has 0 amide bonds. The summed E-state index contributed by atoms with van der Waals surface area (Å²) < 4.78 is 38.6. The SMILES string of the molecule is CCNc1nc(N(C)CC2CCC2)cc(C(F)(F)F)n1. The molecule has 1 aromatic heterocycles. The van der Waals surface area contributed by atoms with Crippen LogP contribution in [0.4, 0.5) is 24.9 Å². The minimum atomic E-state index is -4.46. The zero-order chi connectivity index (χ0) is 14.8. The summed E-state index contributed by atoms with van der Waals surface area (Å²) in [7, 11) is 1.77. The van der Waals surface area contributed by atoms with Gasteiger partial charge in [-0.15, -0.1) is 0 Å². The van der Waals surface area contributed by atoms with Gasteiger partial charge in [0.1, 0.15) is 5.82 Å². The minimum absolute atomic E-state index is 0.0257. The van der Waals surface area contributed by atoms with Crippen LogP contribution < -0.4 is 10.2 Å². The van der Waals surface area contributed by atoms with Gasteiger partial charge in [-0.25, -0.2) is 4.98 Å². The summed E-state index contributed by atoms with van der Waals surface area (Å²) in [5.41, 5.74) is -0.904. The van der Waals surface area contributed by atoms with Gasteiger partial charge < -0.3 is 10.2 Å². The third-order valence-electron chi connectivity index (χ3n) is 3.49. The van der Waals surface area contributed by atoms with Gasteiger partial charge in [-0.1, -0.05) is 6.42 Å². The predicted octanol–water partition coefficient (Wildman–Crippen LogP) is 3.16. The fourth-order valence-corrected chi connectivity index (χ4v) is 2.17. The van der Waals surface area contributed by atoms with Crippen LogP contribution in [0.25, 0.3) is 0 Å². The molecule has 1 N–H and O–H groups in total. The number of anilines is 2. The summed E-state index contributed by atoms with van der Waals surface area (Å²) in [5, 5.41) is 2.75. The van der Waals surface area contributed by atoms with E-state index in [1.807, 2.05) is 0 Å². The van der Waals surface area contributed by atoms with Crippen molar-refractivity contribution in [3.05, 3.63) is 11.8 Å². The van der Waals surface area contributed by atoms with Crippen LogP contribution in [0.15, 0.2) is 6.07 Å². The second-order valence-corrected chi connectivity index (χ2v) is 5.14. The highest BCUT2D eigenvalue weighted by atomic mass is 19.4. The summed E-state index contributed by atoms with van der Waals surface area (Å²) in [6.07, 6.45) is -0.971. The first kappa shape index (κ1) is 14.9. The summed E-state index contributed by atoms with van der Waals surface area (Å²) in [6.45, 7) is 3.01. The smallest absolute Gasteiger partial charge is 0.359 e. The second kappa shape index (κ2) is 5.85. The molecule has 1 aliphatic rings. The lowest BCUT2D eigenvalue weighted by Crippen LogP contribution is -2.30. The summed E-state index contributed by atoms with van der Waals surface area (Å²) in [5.74, 6) is 0.903. The zero-order valence-electron chi connectivity index (χ0n) is 11.7. The molecule has 0 bridgehead atoms. The number of aromatic nitrogens is 2. The molecule has 0 aromatic carbocycles. The van der Waals surface area contributed by atoms with Crippen LogP contribution in [0.1, 0.15) is 31.9 Å². The molecule has 1 fully saturated rings. The monoisotopic (exact) mass is 288 g/mol. The molecule has 1 saturated carbocycles. The van der Waals surface area contributed by atoms with Crippen molar-refractivity contribution in [2.24, 2.45) is 5.92 Å². The van der Waals surface area contributed by atoms with Crippen LogP contribution in [-0.2, 0) is 6.18 Å². The first-order valence-electron chi connectivity index (χ1n) is 6.81. The molecule has 0 radical (unpaired) electrons. The maximum atomic E-state index is 12.9. The molecule has 1 heterocycles. The van der Waals surface area contributed by atoms with E-state index in [4.69, 9.17) is 0 Å². The molecule has 4 nitrogen and oxygen atoms in total. The maximum absolute atomic E-state index is 12.9. The van der Waals surface area contributed by atoms with E-state index in [9.17, 15) is 13.2 Å². The lowest BCUT2D eigenvalue weighted by molar-refractivity contribution is -0.141. The van der Waals surface area contributed by atoms with Crippen molar-refractivity contribution in [1.29, 1.82) is 0 Å². The Balaban J connectivity index is 2.23. The van der Waals surface area contributed by atoms with Crippen molar-refractivity contribution < 1.29 is 13.2 Å². The third-order valence-corrected chi connectivity index (χ3v) is 3.49. The van der Waals surface area contributed by atoms with E-state index in [2.05, 4.69) is 15.3 Å². The van der Waals surface area contributed by atoms with Crippen LogP contribution in [0.2, 0.25) is 0 Å². The van der Waals surface area contributed by atoms with Gasteiger partial charge in [0.05, 0.1) is 0 Å². The van der Waals surface area contributed by atoms with Crippen molar-refractivity contribution >= 4 is 11.8 Å². The molecule has 1 aromatic rings. The molecule has 112 valence electrons. The van der Waals surface area contributed by atoms with E-state index in [0.717, 1.165) is 25.5 Å². The first-order chi connectivity index (χ1) is 9.40. The van der Waals surface area contributed by atoms with Crippen LogP contribution >= 0.6 is 0 Å². The third kappa shape index (κ3) is 3.52. The number of alkyl halides is 3. The predicted molar refractivity (Wildman–Crippen MR) is 71.8 cm³/mol. The Labute approximate surface area is 116 Å². The van der Waals surface area contributed by atoms with Crippen molar-refractivity contribution in [1.82, 2.24) is 9.97 Å². The van der Waals surface area contributed by atoms with E-state index < -0.39 is 11.9 Å². The van der Waals surface area contributed by atoms with E-state index in [1.165, 1.54) is 6.42 Å². The maximum Gasteiger partial charge on any atom is 0.433 e. The summed E-state index contributed by atoms with van der Waals surface area (Å²) >= 11 is 0. The van der Waals surface area contributed by atoms with E-state index in [1.54, 1.807) is 18.9 Å². The average Bonchev–Trinajstić information content (AvgIpc) is 2.32. The van der Waals surface area contributed by atoms with Crippen LogP contribution in [0, 0.1) is 5.92 Å². The Morgan fingerprint density at radius 1 is 1.35 bits per heavy atom. The summed E-state index contributed by atoms with van der Waals surface area (Å²) in [6, 6.07) is 1.01. The van der Waals surface area contributed by atoms with Gasteiger partial charge in [-0.2, -0.15) is 18.2 Å². The standard InChI is InChI=1S/C13H19F3N4/c1-3-17-12-18-10(13(14,15)16)7-11(19-12)20(2)8-9-5-4-6-9/h7,9H,3-6,8H2,1-2H3,(H,17,18,19). The molecule has 0 saturated heterocycles. The van der Waals surface area contributed by atoms with Gasteiger partial charge in [0, 0.05) is 26.2 Å². The van der Waals surface area contributed by atoms with Gasteiger partial charge in [0.15, 0.2) is 5.69 Å². The minimum Gasteiger partial charge on any atom is -0.359 e. The number of rotatable bonds is 5. The fraction of sp³-hybridized carbons (Fsp3) is 0.692. The van der Waals surface area contributed by atoms with Crippen LogP contribution in [0.3, 0.4) is 0 Å². The number of halogens is 3. The molecule has 7 heteroatoms. The molecule has 1 aliphatic carbocycles.